The first-order valence-corrected chi connectivity index (χ1v) is 5.86. The second kappa shape index (κ2) is 5.23. The summed E-state index contributed by atoms with van der Waals surface area (Å²) >= 11 is 1.63. The molecule has 3 N–H and O–H groups in total. The third-order valence-corrected chi connectivity index (χ3v) is 3.39. The molecule has 1 rings (SSSR count). The number of nitrogens with one attached hydrogen (secondary N) is 1. The van der Waals surface area contributed by atoms with Crippen molar-refractivity contribution in [2.75, 3.05) is 0 Å². The number of hydrogen-bond donors (Lipinski definition) is 2. The topological polar surface area (TPSA) is 68.0 Å². The molecule has 0 aliphatic carbocycles. The van der Waals surface area contributed by atoms with Crippen LogP contribution in [0, 0.1) is 0 Å². The van der Waals surface area contributed by atoms with Crippen LogP contribution in [0.1, 0.15) is 36.7 Å². The summed E-state index contributed by atoms with van der Waals surface area (Å²) in [5.74, 6) is -0.143. The predicted octanol–water partition coefficient (Wildman–Crippen LogP) is 1.23. The first-order chi connectivity index (χ1) is 7.04. The molecular formula is C10H17N3OS. The molecule has 0 aromatic carbocycles. The summed E-state index contributed by atoms with van der Waals surface area (Å²) in [5.41, 5.74) is 5.46. The Bertz CT molecular complexity index is 335. The van der Waals surface area contributed by atoms with E-state index in [1.54, 1.807) is 18.3 Å². The van der Waals surface area contributed by atoms with Gasteiger partial charge in [0.25, 0.3) is 0 Å². The lowest BCUT2D eigenvalue weighted by Gasteiger charge is -2.12. The van der Waals surface area contributed by atoms with Gasteiger partial charge in [0.1, 0.15) is 5.01 Å². The number of aromatic nitrogens is 1. The van der Waals surface area contributed by atoms with Gasteiger partial charge in [-0.3, -0.25) is 4.79 Å². The Balaban J connectivity index is 2.60. The quantitative estimate of drug-likeness (QED) is 0.813. The largest absolute Gasteiger partial charge is 0.346 e. The molecule has 1 amide bonds. The van der Waals surface area contributed by atoms with Crippen LogP contribution in [0.4, 0.5) is 0 Å². The zero-order chi connectivity index (χ0) is 11.4. The van der Waals surface area contributed by atoms with E-state index in [4.69, 9.17) is 5.73 Å². The van der Waals surface area contributed by atoms with Gasteiger partial charge >= 0.3 is 0 Å². The van der Waals surface area contributed by atoms with Crippen LogP contribution in [0.25, 0.3) is 0 Å². The van der Waals surface area contributed by atoms with Crippen LogP contribution in [0.15, 0.2) is 6.20 Å². The van der Waals surface area contributed by atoms with Crippen LogP contribution in [-0.2, 0) is 11.2 Å². The minimum atomic E-state index is -0.474. The van der Waals surface area contributed by atoms with E-state index < -0.39 is 6.04 Å². The summed E-state index contributed by atoms with van der Waals surface area (Å²) in [6, 6.07) is -0.535. The van der Waals surface area contributed by atoms with E-state index in [9.17, 15) is 4.79 Å². The number of thiazole rings is 1. The molecule has 0 aliphatic rings. The summed E-state index contributed by atoms with van der Waals surface area (Å²) in [6.45, 7) is 5.67. The minimum Gasteiger partial charge on any atom is -0.346 e. The van der Waals surface area contributed by atoms with Crippen molar-refractivity contribution in [3.8, 4) is 0 Å². The van der Waals surface area contributed by atoms with Gasteiger partial charge in [-0.1, -0.05) is 6.92 Å². The molecule has 0 fully saturated rings. The fourth-order valence-corrected chi connectivity index (χ4v) is 1.95. The van der Waals surface area contributed by atoms with Gasteiger partial charge in [0.05, 0.1) is 12.1 Å². The fraction of sp³-hybridized carbons (Fsp3) is 0.600. The fourth-order valence-electron chi connectivity index (χ4n) is 1.09. The maximum Gasteiger partial charge on any atom is 0.237 e. The van der Waals surface area contributed by atoms with Crippen molar-refractivity contribution in [3.05, 3.63) is 16.1 Å². The number of amides is 1. The van der Waals surface area contributed by atoms with Gasteiger partial charge < -0.3 is 11.1 Å². The lowest BCUT2D eigenvalue weighted by atomic mass is 10.3. The van der Waals surface area contributed by atoms with Gasteiger partial charge in [-0.2, -0.15) is 0 Å². The van der Waals surface area contributed by atoms with Crippen molar-refractivity contribution < 1.29 is 4.79 Å². The number of rotatable bonds is 4. The maximum absolute atomic E-state index is 11.3. The number of carbonyl (C=O) groups is 1. The average molecular weight is 227 g/mol. The van der Waals surface area contributed by atoms with E-state index in [0.717, 1.165) is 11.4 Å². The highest BCUT2D eigenvalue weighted by molar-refractivity contribution is 7.11. The maximum atomic E-state index is 11.3. The van der Waals surface area contributed by atoms with Crippen molar-refractivity contribution in [3.63, 3.8) is 0 Å². The zero-order valence-electron chi connectivity index (χ0n) is 9.28. The monoisotopic (exact) mass is 227 g/mol. The standard InChI is InChI=1S/C10H17N3OS/c1-4-8-5-12-10(15-8)7(3)13-9(14)6(2)11/h5-7H,4,11H2,1-3H3,(H,13,14)/t6-,7?/m1/s1. The Morgan fingerprint density at radius 3 is 2.80 bits per heavy atom. The van der Waals surface area contributed by atoms with Gasteiger partial charge in [-0.05, 0) is 20.3 Å². The molecule has 4 nitrogen and oxygen atoms in total. The highest BCUT2D eigenvalue weighted by Crippen LogP contribution is 2.20. The van der Waals surface area contributed by atoms with E-state index in [1.807, 2.05) is 13.1 Å². The molecule has 1 heterocycles. The Morgan fingerprint density at radius 2 is 2.33 bits per heavy atom. The van der Waals surface area contributed by atoms with Gasteiger partial charge in [0.2, 0.25) is 5.91 Å². The van der Waals surface area contributed by atoms with Gasteiger partial charge in [-0.15, -0.1) is 11.3 Å². The number of aryl methyl sites for hydroxylation is 1. The second-order valence-electron chi connectivity index (χ2n) is 3.54. The molecule has 0 saturated heterocycles. The molecule has 0 aliphatic heterocycles. The van der Waals surface area contributed by atoms with Crippen molar-refractivity contribution in [1.82, 2.24) is 10.3 Å². The van der Waals surface area contributed by atoms with E-state index in [2.05, 4.69) is 17.2 Å². The molecule has 1 unspecified atom stereocenters. The highest BCUT2D eigenvalue weighted by Gasteiger charge is 2.15. The van der Waals surface area contributed by atoms with E-state index in [1.165, 1.54) is 4.88 Å². The Labute approximate surface area is 93.9 Å². The van der Waals surface area contributed by atoms with Crippen LogP contribution in [-0.4, -0.2) is 16.9 Å². The number of carbonyl (C=O) groups excluding carboxylic acids is 1. The van der Waals surface area contributed by atoms with Crippen LogP contribution >= 0.6 is 11.3 Å². The lowest BCUT2D eigenvalue weighted by molar-refractivity contribution is -0.122. The first kappa shape index (κ1) is 12.1. The third kappa shape index (κ3) is 3.28. The summed E-state index contributed by atoms with van der Waals surface area (Å²) in [7, 11) is 0. The molecular weight excluding hydrogens is 210 g/mol. The zero-order valence-corrected chi connectivity index (χ0v) is 10.1. The lowest BCUT2D eigenvalue weighted by Crippen LogP contribution is -2.39. The van der Waals surface area contributed by atoms with Crippen LogP contribution in [0.2, 0.25) is 0 Å². The summed E-state index contributed by atoms with van der Waals surface area (Å²) in [5, 5.41) is 3.75. The van der Waals surface area contributed by atoms with Crippen LogP contribution < -0.4 is 11.1 Å². The SMILES string of the molecule is CCc1cnc(C(C)NC(=O)[C@@H](C)N)s1. The number of nitrogens with two attached hydrogens (primary N) is 1. The van der Waals surface area contributed by atoms with Crippen molar-refractivity contribution in [2.24, 2.45) is 5.73 Å². The number of nitrogens with zero attached hydrogens (tertiary/aromatic N) is 1. The van der Waals surface area contributed by atoms with Gasteiger partial charge in [-0.25, -0.2) is 4.98 Å². The minimum absolute atomic E-state index is 0.0613. The van der Waals surface area contributed by atoms with Gasteiger partial charge in [0, 0.05) is 11.1 Å². The molecule has 0 radical (unpaired) electrons. The summed E-state index contributed by atoms with van der Waals surface area (Å²) in [4.78, 5) is 16.8. The first-order valence-electron chi connectivity index (χ1n) is 5.05. The molecule has 0 spiro atoms. The second-order valence-corrected chi connectivity index (χ2v) is 4.68. The van der Waals surface area contributed by atoms with E-state index in [0.29, 0.717) is 0 Å². The Hall–Kier alpha value is -0.940. The molecule has 2 atom stereocenters. The molecule has 1 aromatic rings. The molecule has 15 heavy (non-hydrogen) atoms. The normalized spacial score (nSPS) is 14.7. The smallest absolute Gasteiger partial charge is 0.237 e. The molecule has 84 valence electrons. The summed E-state index contributed by atoms with van der Waals surface area (Å²) in [6.07, 6.45) is 2.83. The van der Waals surface area contributed by atoms with Crippen molar-refractivity contribution >= 4 is 17.2 Å². The predicted molar refractivity (Wildman–Crippen MR) is 61.7 cm³/mol. The molecule has 0 saturated carbocycles. The van der Waals surface area contributed by atoms with E-state index in [-0.39, 0.29) is 11.9 Å². The Kier molecular flexibility index (Phi) is 4.23. The molecule has 0 bridgehead atoms. The third-order valence-electron chi connectivity index (χ3n) is 2.06. The number of hydrogen-bond acceptors (Lipinski definition) is 4. The molecule has 1 aromatic heterocycles. The van der Waals surface area contributed by atoms with E-state index >= 15 is 0 Å². The van der Waals surface area contributed by atoms with Gasteiger partial charge in [0.15, 0.2) is 0 Å². The average Bonchev–Trinajstić information content (AvgIpc) is 2.65. The Morgan fingerprint density at radius 1 is 1.67 bits per heavy atom. The molecule has 5 heteroatoms. The van der Waals surface area contributed by atoms with Crippen molar-refractivity contribution in [2.45, 2.75) is 39.3 Å². The van der Waals surface area contributed by atoms with Crippen LogP contribution in [0.5, 0.6) is 0 Å². The van der Waals surface area contributed by atoms with Crippen LogP contribution in [0.3, 0.4) is 0 Å². The summed E-state index contributed by atoms with van der Waals surface area (Å²) < 4.78 is 0. The van der Waals surface area contributed by atoms with Crippen molar-refractivity contribution in [1.29, 1.82) is 0 Å². The highest BCUT2D eigenvalue weighted by atomic mass is 32.1.